The van der Waals surface area contributed by atoms with E-state index in [1.54, 1.807) is 12.1 Å². The van der Waals surface area contributed by atoms with Crippen LogP contribution in [0.5, 0.6) is 5.75 Å². The molecule has 2 aliphatic heterocycles. The molecule has 1 aromatic carbocycles. The van der Waals surface area contributed by atoms with Crippen molar-refractivity contribution >= 4 is 12.6 Å². The molecule has 0 bridgehead atoms. The highest BCUT2D eigenvalue weighted by Gasteiger charge is 2.52. The van der Waals surface area contributed by atoms with Crippen molar-refractivity contribution in [3.05, 3.63) is 24.0 Å². The predicted molar refractivity (Wildman–Crippen MR) is 88.6 cm³/mol. The Morgan fingerprint density at radius 3 is 2.39 bits per heavy atom. The molecule has 0 saturated carbocycles. The van der Waals surface area contributed by atoms with Crippen molar-refractivity contribution in [3.8, 4) is 5.75 Å². The Hall–Kier alpha value is -1.11. The van der Waals surface area contributed by atoms with Crippen LogP contribution in [-0.2, 0) is 9.31 Å². The summed E-state index contributed by atoms with van der Waals surface area (Å²) in [5.41, 5.74) is -0.543. The third kappa shape index (κ3) is 3.12. The number of halogens is 1. The Bertz CT molecular complexity index is 577. The fraction of sp³-hybridized carbons (Fsp3) is 0.647. The summed E-state index contributed by atoms with van der Waals surface area (Å²) in [6.07, 6.45) is 1.13. The molecule has 0 radical (unpaired) electrons. The molecule has 0 amide bonds. The average molecular weight is 321 g/mol. The molecule has 1 aromatic rings. The van der Waals surface area contributed by atoms with Crippen LogP contribution in [0.3, 0.4) is 0 Å². The SMILES string of the molecule is CN1CC[C@H]1COc1ccc(B2OC(C)(C)C(C)(C)O2)c(F)c1. The van der Waals surface area contributed by atoms with E-state index in [9.17, 15) is 4.39 Å². The first-order valence-corrected chi connectivity index (χ1v) is 8.18. The summed E-state index contributed by atoms with van der Waals surface area (Å²) in [5.74, 6) is 0.186. The van der Waals surface area contributed by atoms with E-state index >= 15 is 0 Å². The van der Waals surface area contributed by atoms with E-state index in [0.717, 1.165) is 13.0 Å². The van der Waals surface area contributed by atoms with Gasteiger partial charge in [0.1, 0.15) is 18.2 Å². The summed E-state index contributed by atoms with van der Waals surface area (Å²) in [4.78, 5) is 2.23. The van der Waals surface area contributed by atoms with Gasteiger partial charge in [-0.2, -0.15) is 0 Å². The first kappa shape index (κ1) is 16.7. The Morgan fingerprint density at radius 2 is 1.91 bits per heavy atom. The first-order valence-electron chi connectivity index (χ1n) is 8.18. The summed E-state index contributed by atoms with van der Waals surface area (Å²) in [7, 11) is 1.38. The van der Waals surface area contributed by atoms with Gasteiger partial charge in [0.15, 0.2) is 0 Å². The average Bonchev–Trinajstić information content (AvgIpc) is 2.65. The van der Waals surface area contributed by atoms with Crippen LogP contribution in [0.1, 0.15) is 34.1 Å². The van der Waals surface area contributed by atoms with Crippen molar-refractivity contribution in [3.63, 3.8) is 0 Å². The van der Waals surface area contributed by atoms with Crippen LogP contribution in [0.25, 0.3) is 0 Å². The van der Waals surface area contributed by atoms with E-state index in [2.05, 4.69) is 11.9 Å². The third-order valence-corrected chi connectivity index (χ3v) is 5.36. The minimum absolute atomic E-state index is 0.358. The molecule has 2 saturated heterocycles. The third-order valence-electron chi connectivity index (χ3n) is 5.36. The van der Waals surface area contributed by atoms with E-state index in [0.29, 0.717) is 23.9 Å². The van der Waals surface area contributed by atoms with E-state index in [4.69, 9.17) is 14.0 Å². The van der Waals surface area contributed by atoms with Gasteiger partial charge in [-0.3, -0.25) is 4.90 Å². The van der Waals surface area contributed by atoms with Crippen LogP contribution >= 0.6 is 0 Å². The highest BCUT2D eigenvalue weighted by molar-refractivity contribution is 6.62. The number of ether oxygens (including phenoxy) is 1. The molecule has 0 N–H and O–H groups in total. The number of rotatable bonds is 4. The summed E-state index contributed by atoms with van der Waals surface area (Å²) < 4.78 is 31.9. The standard InChI is InChI=1S/C17H25BFNO3/c1-16(2)17(3,4)23-18(22-16)14-7-6-13(10-15(14)19)21-11-12-8-9-20(12)5/h6-7,10,12H,8-9,11H2,1-5H3/t12-/m0/s1. The van der Waals surface area contributed by atoms with Gasteiger partial charge in [0.2, 0.25) is 0 Å². The lowest BCUT2D eigenvalue weighted by Gasteiger charge is -2.37. The zero-order chi connectivity index (χ0) is 16.8. The van der Waals surface area contributed by atoms with Gasteiger partial charge < -0.3 is 14.0 Å². The number of likely N-dealkylation sites (N-methyl/N-ethyl adjacent to an activating group) is 1. The van der Waals surface area contributed by atoms with Crippen molar-refractivity contribution in [2.24, 2.45) is 0 Å². The molecule has 0 aliphatic carbocycles. The maximum Gasteiger partial charge on any atom is 0.497 e. The zero-order valence-corrected chi connectivity index (χ0v) is 14.6. The summed E-state index contributed by atoms with van der Waals surface area (Å²) in [6, 6.07) is 5.32. The molecule has 0 aromatic heterocycles. The normalized spacial score (nSPS) is 26.2. The number of benzene rings is 1. The van der Waals surface area contributed by atoms with E-state index in [1.807, 2.05) is 27.7 Å². The number of likely N-dealkylation sites (tertiary alicyclic amines) is 1. The summed E-state index contributed by atoms with van der Waals surface area (Å²) >= 11 is 0. The van der Waals surface area contributed by atoms with Crippen molar-refractivity contribution in [1.29, 1.82) is 0 Å². The largest absolute Gasteiger partial charge is 0.497 e. The molecule has 0 spiro atoms. The Balaban J connectivity index is 1.68. The minimum Gasteiger partial charge on any atom is -0.492 e. The zero-order valence-electron chi connectivity index (χ0n) is 14.6. The molecule has 4 nitrogen and oxygen atoms in total. The molecule has 2 heterocycles. The molecular formula is C17H25BFNO3. The highest BCUT2D eigenvalue weighted by Crippen LogP contribution is 2.36. The summed E-state index contributed by atoms with van der Waals surface area (Å²) in [5, 5.41) is 0. The smallest absolute Gasteiger partial charge is 0.492 e. The van der Waals surface area contributed by atoms with Crippen LogP contribution in [0.2, 0.25) is 0 Å². The first-order chi connectivity index (χ1) is 10.7. The Kier molecular flexibility index (Phi) is 4.19. The van der Waals surface area contributed by atoms with Gasteiger partial charge in [-0.1, -0.05) is 6.07 Å². The lowest BCUT2D eigenvalue weighted by atomic mass is 9.78. The van der Waals surface area contributed by atoms with Crippen molar-refractivity contribution in [1.82, 2.24) is 4.90 Å². The molecule has 2 aliphatic rings. The maximum atomic E-state index is 14.5. The second-order valence-corrected chi connectivity index (χ2v) is 7.51. The van der Waals surface area contributed by atoms with Gasteiger partial charge in [0, 0.05) is 17.6 Å². The Labute approximate surface area is 138 Å². The second-order valence-electron chi connectivity index (χ2n) is 7.51. The van der Waals surface area contributed by atoms with Crippen molar-refractivity contribution in [2.45, 2.75) is 51.4 Å². The Morgan fingerprint density at radius 1 is 1.26 bits per heavy atom. The van der Waals surface area contributed by atoms with Gasteiger partial charge in [-0.15, -0.1) is 0 Å². The van der Waals surface area contributed by atoms with Crippen LogP contribution in [-0.4, -0.2) is 49.5 Å². The van der Waals surface area contributed by atoms with E-state index in [1.165, 1.54) is 6.07 Å². The van der Waals surface area contributed by atoms with Crippen molar-refractivity contribution < 1.29 is 18.4 Å². The topological polar surface area (TPSA) is 30.9 Å². The fourth-order valence-corrected chi connectivity index (χ4v) is 2.73. The fourth-order valence-electron chi connectivity index (χ4n) is 2.73. The number of hydrogen-bond donors (Lipinski definition) is 0. The van der Waals surface area contributed by atoms with Crippen LogP contribution < -0.4 is 10.2 Å². The monoisotopic (exact) mass is 321 g/mol. The van der Waals surface area contributed by atoms with Crippen LogP contribution in [0, 0.1) is 5.82 Å². The van der Waals surface area contributed by atoms with Gasteiger partial charge in [-0.25, -0.2) is 4.39 Å². The maximum absolute atomic E-state index is 14.5. The molecule has 126 valence electrons. The molecular weight excluding hydrogens is 296 g/mol. The van der Waals surface area contributed by atoms with Gasteiger partial charge in [0.25, 0.3) is 0 Å². The molecule has 1 atom stereocenters. The molecule has 0 unspecified atom stereocenters. The molecule has 2 fully saturated rings. The van der Waals surface area contributed by atoms with E-state index < -0.39 is 18.3 Å². The highest BCUT2D eigenvalue weighted by atomic mass is 19.1. The summed E-state index contributed by atoms with van der Waals surface area (Å²) in [6.45, 7) is 9.51. The number of nitrogens with zero attached hydrogens (tertiary/aromatic N) is 1. The molecule has 3 rings (SSSR count). The quantitative estimate of drug-likeness (QED) is 0.796. The molecule has 6 heteroatoms. The second kappa shape index (κ2) is 5.76. The van der Waals surface area contributed by atoms with E-state index in [-0.39, 0.29) is 5.82 Å². The van der Waals surface area contributed by atoms with Gasteiger partial charge in [0.05, 0.1) is 11.2 Å². The van der Waals surface area contributed by atoms with Crippen LogP contribution in [0.4, 0.5) is 4.39 Å². The molecule has 23 heavy (non-hydrogen) atoms. The lowest BCUT2D eigenvalue weighted by molar-refractivity contribution is 0.00578. The lowest BCUT2D eigenvalue weighted by Crippen LogP contribution is -2.48. The van der Waals surface area contributed by atoms with Crippen LogP contribution in [0.15, 0.2) is 18.2 Å². The van der Waals surface area contributed by atoms with Crippen molar-refractivity contribution in [2.75, 3.05) is 20.2 Å². The predicted octanol–water partition coefficient (Wildman–Crippen LogP) is 2.21. The number of hydrogen-bond acceptors (Lipinski definition) is 4. The van der Waals surface area contributed by atoms with Gasteiger partial charge >= 0.3 is 7.12 Å². The van der Waals surface area contributed by atoms with Gasteiger partial charge in [-0.05, 0) is 53.8 Å². The minimum atomic E-state index is -0.688.